The normalized spacial score (nSPS) is 20.0. The number of dihydropyridines is 1. The van der Waals surface area contributed by atoms with Crippen molar-refractivity contribution in [2.24, 2.45) is 0 Å². The number of Topliss-reactive ketones (excluding diaryl/α,β-unsaturated/α-hetero) is 1. The molecule has 1 N–H and O–H groups in total. The molecule has 0 aromatic heterocycles. The zero-order chi connectivity index (χ0) is 25.1. The first-order valence-electron chi connectivity index (χ1n) is 11.5. The Hall–Kier alpha value is -2.31. The van der Waals surface area contributed by atoms with Crippen molar-refractivity contribution < 1.29 is 19.1 Å². The largest absolute Gasteiger partial charge is 0.460 e. The SMILES string of the molecule is CCOCCOC(=O)C1=C(C)NC2=C(C(=O)CC(c3ccc(Cl)cc3)C2)C1c1ccc(Cl)c(Cl)c1. The van der Waals surface area contributed by atoms with Crippen LogP contribution in [0.25, 0.3) is 0 Å². The van der Waals surface area contributed by atoms with Crippen molar-refractivity contribution >= 4 is 46.6 Å². The molecule has 2 aromatic carbocycles. The fraction of sp³-hybridized carbons (Fsp3) is 0.333. The quantitative estimate of drug-likeness (QED) is 0.321. The summed E-state index contributed by atoms with van der Waals surface area (Å²) in [6, 6.07) is 12.8. The summed E-state index contributed by atoms with van der Waals surface area (Å²) < 4.78 is 10.8. The highest BCUT2D eigenvalue weighted by Gasteiger charge is 2.41. The number of ketones is 1. The van der Waals surface area contributed by atoms with Gasteiger partial charge in [-0.05, 0) is 61.6 Å². The molecule has 0 bridgehead atoms. The van der Waals surface area contributed by atoms with E-state index in [0.29, 0.717) is 63.5 Å². The molecule has 0 amide bonds. The predicted molar refractivity (Wildman–Crippen MR) is 138 cm³/mol. The third-order valence-electron chi connectivity index (χ3n) is 6.33. The standard InChI is InChI=1S/C27H26Cl3NO4/c1-3-34-10-11-35-27(33)24-15(2)31-22-13-18(16-4-7-19(28)8-5-16)14-23(32)26(22)25(24)17-6-9-20(29)21(30)12-17/h4-9,12,18,25,31H,3,10-11,13-14H2,1-2H3. The number of hydrogen-bond acceptors (Lipinski definition) is 5. The molecule has 1 aliphatic carbocycles. The first-order valence-corrected chi connectivity index (χ1v) is 12.6. The summed E-state index contributed by atoms with van der Waals surface area (Å²) in [7, 11) is 0. The summed E-state index contributed by atoms with van der Waals surface area (Å²) in [5.41, 5.74) is 4.16. The summed E-state index contributed by atoms with van der Waals surface area (Å²) >= 11 is 18.5. The smallest absolute Gasteiger partial charge is 0.336 e. The van der Waals surface area contributed by atoms with Crippen LogP contribution >= 0.6 is 34.8 Å². The minimum absolute atomic E-state index is 0.00738. The van der Waals surface area contributed by atoms with Gasteiger partial charge in [0.15, 0.2) is 5.78 Å². The lowest BCUT2D eigenvalue weighted by atomic mass is 9.72. The van der Waals surface area contributed by atoms with Crippen molar-refractivity contribution in [3.63, 3.8) is 0 Å². The number of benzene rings is 2. The first-order chi connectivity index (χ1) is 16.8. The molecule has 0 saturated carbocycles. The third-order valence-corrected chi connectivity index (χ3v) is 7.32. The van der Waals surface area contributed by atoms with E-state index in [9.17, 15) is 9.59 Å². The Morgan fingerprint density at radius 2 is 1.71 bits per heavy atom. The zero-order valence-corrected chi connectivity index (χ0v) is 21.8. The van der Waals surface area contributed by atoms with Gasteiger partial charge in [0.25, 0.3) is 0 Å². The molecule has 2 aromatic rings. The molecule has 2 aliphatic rings. The maximum absolute atomic E-state index is 13.6. The number of hydrogen-bond donors (Lipinski definition) is 1. The highest BCUT2D eigenvalue weighted by molar-refractivity contribution is 6.42. The van der Waals surface area contributed by atoms with Crippen LogP contribution < -0.4 is 5.32 Å². The van der Waals surface area contributed by atoms with Crippen molar-refractivity contribution in [3.05, 3.63) is 91.2 Å². The number of rotatable bonds is 7. The van der Waals surface area contributed by atoms with Crippen molar-refractivity contribution in [2.45, 2.75) is 38.5 Å². The molecule has 5 nitrogen and oxygen atoms in total. The molecule has 1 heterocycles. The average molecular weight is 535 g/mol. The number of allylic oxidation sites excluding steroid dienone is 3. The number of ether oxygens (including phenoxy) is 2. The number of esters is 1. The van der Waals surface area contributed by atoms with E-state index < -0.39 is 11.9 Å². The third kappa shape index (κ3) is 5.59. The van der Waals surface area contributed by atoms with Gasteiger partial charge in [0.05, 0.1) is 22.2 Å². The molecule has 0 radical (unpaired) electrons. The Kier molecular flexibility index (Phi) is 8.23. The minimum Gasteiger partial charge on any atom is -0.460 e. The van der Waals surface area contributed by atoms with Crippen LogP contribution in [-0.2, 0) is 19.1 Å². The van der Waals surface area contributed by atoms with Crippen molar-refractivity contribution in [1.29, 1.82) is 0 Å². The second-order valence-corrected chi connectivity index (χ2v) is 9.83. The van der Waals surface area contributed by atoms with E-state index in [4.69, 9.17) is 44.3 Å². The van der Waals surface area contributed by atoms with E-state index in [0.717, 1.165) is 11.3 Å². The Labute approximate surface area is 220 Å². The van der Waals surface area contributed by atoms with Crippen molar-refractivity contribution in [2.75, 3.05) is 19.8 Å². The van der Waals surface area contributed by atoms with E-state index in [-0.39, 0.29) is 18.3 Å². The molecule has 0 saturated heterocycles. The van der Waals surface area contributed by atoms with Gasteiger partial charge in [-0.15, -0.1) is 0 Å². The molecular weight excluding hydrogens is 509 g/mol. The maximum atomic E-state index is 13.6. The zero-order valence-electron chi connectivity index (χ0n) is 19.5. The van der Waals surface area contributed by atoms with Gasteiger partial charge < -0.3 is 14.8 Å². The van der Waals surface area contributed by atoms with Crippen LogP contribution in [0.3, 0.4) is 0 Å². The lowest BCUT2D eigenvalue weighted by Crippen LogP contribution is -2.36. The summed E-state index contributed by atoms with van der Waals surface area (Å²) in [5.74, 6) is -1.13. The predicted octanol–water partition coefficient (Wildman–Crippen LogP) is 6.59. The van der Waals surface area contributed by atoms with E-state index in [1.807, 2.05) is 38.1 Å². The topological polar surface area (TPSA) is 64.6 Å². The van der Waals surface area contributed by atoms with Crippen LogP contribution in [-0.4, -0.2) is 31.6 Å². The van der Waals surface area contributed by atoms with Crippen LogP contribution in [0.5, 0.6) is 0 Å². The van der Waals surface area contributed by atoms with Crippen molar-refractivity contribution in [1.82, 2.24) is 5.32 Å². The fourth-order valence-electron chi connectivity index (χ4n) is 4.72. The fourth-order valence-corrected chi connectivity index (χ4v) is 5.15. The molecule has 0 fully saturated rings. The van der Waals surface area contributed by atoms with Gasteiger partial charge in [0, 0.05) is 40.9 Å². The lowest BCUT2D eigenvalue weighted by Gasteiger charge is -2.36. The first kappa shape index (κ1) is 25.8. The van der Waals surface area contributed by atoms with Gasteiger partial charge in [-0.25, -0.2) is 4.79 Å². The van der Waals surface area contributed by atoms with Gasteiger partial charge in [-0.2, -0.15) is 0 Å². The molecular formula is C27H26Cl3NO4. The molecule has 2 atom stereocenters. The van der Waals surface area contributed by atoms with E-state index in [1.165, 1.54) is 0 Å². The number of nitrogens with one attached hydrogen (secondary N) is 1. The highest BCUT2D eigenvalue weighted by atomic mass is 35.5. The summed E-state index contributed by atoms with van der Waals surface area (Å²) in [6.07, 6.45) is 0.955. The van der Waals surface area contributed by atoms with Crippen molar-refractivity contribution in [3.8, 4) is 0 Å². The maximum Gasteiger partial charge on any atom is 0.336 e. The van der Waals surface area contributed by atoms with Gasteiger partial charge in [-0.3, -0.25) is 4.79 Å². The molecule has 0 spiro atoms. The van der Waals surface area contributed by atoms with E-state index in [2.05, 4.69) is 5.32 Å². The van der Waals surface area contributed by atoms with Gasteiger partial charge >= 0.3 is 5.97 Å². The molecule has 8 heteroatoms. The Morgan fingerprint density at radius 3 is 2.40 bits per heavy atom. The Balaban J connectivity index is 1.73. The van der Waals surface area contributed by atoms with Gasteiger partial charge in [0.1, 0.15) is 6.61 Å². The monoisotopic (exact) mass is 533 g/mol. The number of halogens is 3. The second kappa shape index (κ2) is 11.2. The summed E-state index contributed by atoms with van der Waals surface area (Å²) in [5, 5.41) is 4.75. The van der Waals surface area contributed by atoms with Crippen LogP contribution in [0, 0.1) is 0 Å². The van der Waals surface area contributed by atoms with Crippen LogP contribution in [0.1, 0.15) is 49.7 Å². The molecule has 2 unspecified atom stereocenters. The lowest BCUT2D eigenvalue weighted by molar-refractivity contribution is -0.140. The summed E-state index contributed by atoms with van der Waals surface area (Å²) in [6.45, 7) is 4.65. The highest BCUT2D eigenvalue weighted by Crippen LogP contribution is 2.46. The minimum atomic E-state index is -0.612. The van der Waals surface area contributed by atoms with Crippen LogP contribution in [0.15, 0.2) is 65.0 Å². The van der Waals surface area contributed by atoms with Crippen LogP contribution in [0.2, 0.25) is 15.1 Å². The van der Waals surface area contributed by atoms with Crippen LogP contribution in [0.4, 0.5) is 0 Å². The van der Waals surface area contributed by atoms with Gasteiger partial charge in [-0.1, -0.05) is 53.0 Å². The van der Waals surface area contributed by atoms with E-state index >= 15 is 0 Å². The number of carbonyl (C=O) groups is 2. The average Bonchev–Trinajstić information content (AvgIpc) is 2.83. The molecule has 4 rings (SSSR count). The van der Waals surface area contributed by atoms with Gasteiger partial charge in [0.2, 0.25) is 0 Å². The molecule has 184 valence electrons. The summed E-state index contributed by atoms with van der Waals surface area (Å²) in [4.78, 5) is 26.8. The second-order valence-electron chi connectivity index (χ2n) is 8.58. The number of carbonyl (C=O) groups excluding carboxylic acids is 2. The molecule has 1 aliphatic heterocycles. The Morgan fingerprint density at radius 1 is 1.00 bits per heavy atom. The molecule has 35 heavy (non-hydrogen) atoms. The van der Waals surface area contributed by atoms with E-state index in [1.54, 1.807) is 18.2 Å². The Bertz CT molecular complexity index is 1200.